The number of carbonyl (C=O) groups is 2. The highest BCUT2D eigenvalue weighted by Gasteiger charge is 2.34. The smallest absolute Gasteiger partial charge is 0.267 e. The average molecular weight is 979 g/mol. The number of benzene rings is 3. The lowest BCUT2D eigenvalue weighted by molar-refractivity contribution is -0.138. The van der Waals surface area contributed by atoms with Crippen molar-refractivity contribution in [1.82, 2.24) is 30.1 Å². The molecule has 9 rings (SSSR count). The van der Waals surface area contributed by atoms with E-state index in [1.165, 1.54) is 16.8 Å². The summed E-state index contributed by atoms with van der Waals surface area (Å²) in [5, 5.41) is 11.2. The average Bonchev–Trinajstić information content (AvgIpc) is 3.79. The Kier molecular flexibility index (Phi) is 14.2. The molecule has 348 valence electrons. The summed E-state index contributed by atoms with van der Waals surface area (Å²) in [6.07, 6.45) is 10.1. The number of methoxy groups -OCH3 is 1. The number of piperazine rings is 1. The summed E-state index contributed by atoms with van der Waals surface area (Å²) < 4.78 is 27.1. The summed E-state index contributed by atoms with van der Waals surface area (Å²) in [7, 11) is -0.926. The summed E-state index contributed by atoms with van der Waals surface area (Å²) in [6.45, 7) is 11.6. The first kappa shape index (κ1) is 46.0. The number of piperidine rings is 2. The normalized spacial score (nSPS) is 19.5. The fourth-order valence-electron chi connectivity index (χ4n) is 10.1. The number of nitrogens with one attached hydrogen (secondary N) is 3. The monoisotopic (exact) mass is 977 g/mol. The number of nitrogens with zero attached hydrogens (tertiary/aromatic N) is 6. The largest absolute Gasteiger partial charge is 0.494 e. The van der Waals surface area contributed by atoms with Gasteiger partial charge in [0.2, 0.25) is 11.9 Å². The summed E-state index contributed by atoms with van der Waals surface area (Å²) in [4.78, 5) is 45.8. The summed E-state index contributed by atoms with van der Waals surface area (Å²) >= 11 is 3.68. The molecule has 1 unspecified atom stereocenters. The molecule has 1 atom stereocenters. The second kappa shape index (κ2) is 20.4. The van der Waals surface area contributed by atoms with E-state index in [0.717, 1.165) is 130 Å². The Labute approximate surface area is 396 Å². The predicted molar refractivity (Wildman–Crippen MR) is 266 cm³/mol. The molecule has 66 heavy (non-hydrogen) atoms. The highest BCUT2D eigenvalue weighted by molar-refractivity contribution is 9.10. The number of aryl methyl sites for hydroxylation is 2. The zero-order valence-electron chi connectivity index (χ0n) is 38.3. The fourth-order valence-corrected chi connectivity index (χ4v) is 13.7. The second-order valence-electron chi connectivity index (χ2n) is 18.0. The minimum Gasteiger partial charge on any atom is -0.494 e. The number of aromatic nitrogens is 3. The molecule has 5 aromatic rings. The molecule has 16 heteroatoms. The lowest BCUT2D eigenvalue weighted by Crippen LogP contribution is -2.53. The maximum absolute atomic E-state index is 14.5. The molecule has 4 aliphatic rings. The van der Waals surface area contributed by atoms with Crippen molar-refractivity contribution in [3.8, 4) is 11.5 Å². The summed E-state index contributed by atoms with van der Waals surface area (Å²) in [5.74, 6) is 1.78. The Morgan fingerprint density at radius 1 is 0.864 bits per heavy atom. The number of rotatable bonds is 15. The number of hydrogen-bond acceptors (Lipinski definition) is 13. The van der Waals surface area contributed by atoms with Crippen molar-refractivity contribution in [2.45, 2.75) is 83.8 Å². The molecule has 3 N–H and O–H groups in total. The van der Waals surface area contributed by atoms with Gasteiger partial charge in [0.25, 0.3) is 5.91 Å². The molecule has 4 fully saturated rings. The summed E-state index contributed by atoms with van der Waals surface area (Å²) in [6, 6.07) is 21.0. The Hall–Kier alpha value is -5.08. The molecule has 2 aromatic heterocycles. The lowest BCUT2D eigenvalue weighted by atomic mass is 9.99. The van der Waals surface area contributed by atoms with E-state index in [9.17, 15) is 14.2 Å². The first-order chi connectivity index (χ1) is 32.1. The van der Waals surface area contributed by atoms with Gasteiger partial charge < -0.3 is 34.5 Å². The van der Waals surface area contributed by atoms with Crippen LogP contribution in [0.1, 0.15) is 69.2 Å². The van der Waals surface area contributed by atoms with Gasteiger partial charge in [0.1, 0.15) is 24.5 Å². The number of pyridine rings is 1. The van der Waals surface area contributed by atoms with Gasteiger partial charge in [-0.05, 0) is 108 Å². The molecular formula is C50H61BrN9O5P. The van der Waals surface area contributed by atoms with Crippen LogP contribution in [0.15, 0.2) is 71.3 Å². The van der Waals surface area contributed by atoms with Crippen molar-refractivity contribution in [2.75, 3.05) is 80.8 Å². The minimum atomic E-state index is -2.63. The molecule has 0 aliphatic carbocycles. The first-order valence-electron chi connectivity index (χ1n) is 23.7. The van der Waals surface area contributed by atoms with Gasteiger partial charge >= 0.3 is 0 Å². The molecule has 3 aromatic carbocycles. The lowest BCUT2D eigenvalue weighted by Gasteiger charge is -2.43. The Morgan fingerprint density at radius 3 is 2.35 bits per heavy atom. The Balaban J connectivity index is 0.800. The minimum absolute atomic E-state index is 0.240. The number of fused-ring (bicyclic) bond motifs is 1. The van der Waals surface area contributed by atoms with Gasteiger partial charge in [-0.2, -0.15) is 4.98 Å². The maximum atomic E-state index is 14.5. The van der Waals surface area contributed by atoms with Crippen LogP contribution in [0.5, 0.6) is 11.5 Å². The number of amides is 2. The molecule has 0 bridgehead atoms. The number of anilines is 5. The van der Waals surface area contributed by atoms with Gasteiger partial charge in [-0.1, -0.05) is 32.0 Å². The molecule has 2 amide bonds. The van der Waals surface area contributed by atoms with Crippen LogP contribution < -0.4 is 35.6 Å². The van der Waals surface area contributed by atoms with Crippen LogP contribution in [-0.4, -0.2) is 114 Å². The zero-order valence-corrected chi connectivity index (χ0v) is 40.8. The van der Waals surface area contributed by atoms with Crippen LogP contribution >= 0.6 is 23.1 Å². The maximum Gasteiger partial charge on any atom is 0.267 e. The molecule has 6 heterocycles. The topological polar surface area (TPSA) is 154 Å². The SMILES string of the molecule is CCc1ccc2c(P3(=O)CCCC3)c(Nc3nc(Nc4cc(CC)c(N5CCC(N6CCN(CCc7ccc(OC8CCC(=O)NC8=O)cc7)CC6)CC5)cc4OC)ncc3Br)ccc2n1. The van der Waals surface area contributed by atoms with Gasteiger partial charge in [-0.15, -0.1) is 0 Å². The van der Waals surface area contributed by atoms with E-state index in [0.29, 0.717) is 53.2 Å². The highest BCUT2D eigenvalue weighted by atomic mass is 79.9. The van der Waals surface area contributed by atoms with Crippen molar-refractivity contribution in [3.05, 3.63) is 88.2 Å². The number of halogens is 1. The molecule has 0 spiro atoms. The van der Waals surface area contributed by atoms with Crippen molar-refractivity contribution in [1.29, 1.82) is 0 Å². The third-order valence-electron chi connectivity index (χ3n) is 13.8. The van der Waals surface area contributed by atoms with E-state index in [2.05, 4.69) is 95.7 Å². The number of carbonyl (C=O) groups excluding carboxylic acids is 2. The molecule has 4 aliphatic heterocycles. The highest BCUT2D eigenvalue weighted by Crippen LogP contribution is 2.54. The fraction of sp³-hybridized carbons (Fsp3) is 0.460. The van der Waals surface area contributed by atoms with Gasteiger partial charge in [0.15, 0.2) is 6.10 Å². The van der Waals surface area contributed by atoms with Gasteiger partial charge in [-0.25, -0.2) is 4.98 Å². The number of imide groups is 1. The van der Waals surface area contributed by atoms with E-state index >= 15 is 0 Å². The van der Waals surface area contributed by atoms with Crippen LogP contribution in [0.3, 0.4) is 0 Å². The predicted octanol–water partition coefficient (Wildman–Crippen LogP) is 8.20. The first-order valence-corrected chi connectivity index (χ1v) is 26.6. The molecule has 4 saturated heterocycles. The third-order valence-corrected chi connectivity index (χ3v) is 17.8. The van der Waals surface area contributed by atoms with Crippen molar-refractivity contribution in [2.24, 2.45) is 0 Å². The van der Waals surface area contributed by atoms with Gasteiger partial charge in [-0.3, -0.25) is 24.8 Å². The number of hydrogen-bond donors (Lipinski definition) is 3. The van der Waals surface area contributed by atoms with Crippen LogP contribution in [0, 0.1) is 0 Å². The number of ether oxygens (including phenoxy) is 2. The van der Waals surface area contributed by atoms with Crippen molar-refractivity contribution in [3.63, 3.8) is 0 Å². The second-order valence-corrected chi connectivity index (χ2v) is 21.9. The van der Waals surface area contributed by atoms with Gasteiger partial charge in [0.05, 0.1) is 28.5 Å². The van der Waals surface area contributed by atoms with Gasteiger partial charge in [0, 0.05) is 111 Å². The van der Waals surface area contributed by atoms with Crippen LogP contribution in [0.25, 0.3) is 10.9 Å². The third kappa shape index (κ3) is 10.2. The van der Waals surface area contributed by atoms with E-state index in [4.69, 9.17) is 19.4 Å². The molecule has 0 saturated carbocycles. The van der Waals surface area contributed by atoms with E-state index in [-0.39, 0.29) is 11.8 Å². The standard InChI is InChI=1S/C50H61BrN9O5P/c1-4-34-30-42(55-50-52-32-39(51)48(57-50)54-41-15-14-40-38(13-10-35(5-2)53-40)47(41)66(63)28-6-7-29-66)45(64-3)31-43(34)60-22-19-36(20-23-60)59-26-24-58(25-27-59)21-18-33-8-11-37(12-9-33)65-44-16-17-46(61)56-49(44)62/h8-15,30-32,36,44H,4-7,16-29H2,1-3H3,(H,56,61,62)(H2,52,54,55,57). The molecule has 0 radical (unpaired) electrons. The zero-order chi connectivity index (χ0) is 45.8. The molecule has 14 nitrogen and oxygen atoms in total. The summed E-state index contributed by atoms with van der Waals surface area (Å²) in [5.41, 5.74) is 7.18. The Bertz CT molecular complexity index is 2610. The van der Waals surface area contributed by atoms with Crippen LogP contribution in [0.4, 0.5) is 28.8 Å². The van der Waals surface area contributed by atoms with E-state index in [1.54, 1.807) is 13.3 Å². The van der Waals surface area contributed by atoms with E-state index in [1.807, 2.05) is 30.3 Å². The Morgan fingerprint density at radius 2 is 1.64 bits per heavy atom. The van der Waals surface area contributed by atoms with E-state index < -0.39 is 13.2 Å². The molecular weight excluding hydrogens is 917 g/mol. The van der Waals surface area contributed by atoms with Crippen LogP contribution in [-0.2, 0) is 33.4 Å². The van der Waals surface area contributed by atoms with Crippen molar-refractivity contribution < 1.29 is 23.6 Å². The van der Waals surface area contributed by atoms with Crippen molar-refractivity contribution >= 4 is 79.9 Å². The quantitative estimate of drug-likeness (QED) is 0.0683. The van der Waals surface area contributed by atoms with Crippen LogP contribution in [0.2, 0.25) is 0 Å².